The van der Waals surface area contributed by atoms with Gasteiger partial charge in [0.05, 0.1) is 17.7 Å². The van der Waals surface area contributed by atoms with Gasteiger partial charge in [-0.25, -0.2) is 8.42 Å². The van der Waals surface area contributed by atoms with Crippen LogP contribution in [0.4, 0.5) is 5.69 Å². The Morgan fingerprint density at radius 1 is 1.19 bits per heavy atom. The zero-order chi connectivity index (χ0) is 15.5. The van der Waals surface area contributed by atoms with E-state index in [0.29, 0.717) is 17.0 Å². The van der Waals surface area contributed by atoms with Crippen LogP contribution in [-0.2, 0) is 10.0 Å². The number of nitrogens with two attached hydrogens (primary N) is 1. The summed E-state index contributed by atoms with van der Waals surface area (Å²) in [5.41, 5.74) is 6.38. The maximum atomic E-state index is 12.4. The summed E-state index contributed by atoms with van der Waals surface area (Å²) in [6, 6.07) is 12.9. The normalized spacial score (nSPS) is 10.9. The Hall–Kier alpha value is -2.12. The standard InChI is InChI=1S/C14H14N2O3S2/c1-19-13-8-3-2-7-12(13)16-21(17,18)11-6-4-5-10(9-11)14(15)20/h2-9,16H,1H3,(H2,15,20). The van der Waals surface area contributed by atoms with E-state index < -0.39 is 10.0 Å². The maximum absolute atomic E-state index is 12.4. The van der Waals surface area contributed by atoms with Crippen molar-refractivity contribution in [3.63, 3.8) is 0 Å². The largest absolute Gasteiger partial charge is 0.495 e. The van der Waals surface area contributed by atoms with Gasteiger partial charge in [-0.1, -0.05) is 36.5 Å². The molecule has 7 heteroatoms. The summed E-state index contributed by atoms with van der Waals surface area (Å²) in [7, 11) is -2.27. The molecule has 0 saturated heterocycles. The number of hydrogen-bond acceptors (Lipinski definition) is 4. The first-order valence-electron chi connectivity index (χ1n) is 6.00. The lowest BCUT2D eigenvalue weighted by Crippen LogP contribution is -2.15. The minimum Gasteiger partial charge on any atom is -0.495 e. The summed E-state index contributed by atoms with van der Waals surface area (Å²) in [4.78, 5) is 0.225. The summed E-state index contributed by atoms with van der Waals surface area (Å²) in [5, 5.41) is 0. The van der Waals surface area contributed by atoms with E-state index in [1.807, 2.05) is 0 Å². The summed E-state index contributed by atoms with van der Waals surface area (Å²) in [6.45, 7) is 0. The van der Waals surface area contributed by atoms with Gasteiger partial charge in [0.15, 0.2) is 0 Å². The second-order valence-corrected chi connectivity index (χ2v) is 6.32. The first-order valence-corrected chi connectivity index (χ1v) is 7.89. The number of thiocarbonyl (C=S) groups is 1. The van der Waals surface area contributed by atoms with Crippen molar-refractivity contribution in [2.75, 3.05) is 11.8 Å². The van der Waals surface area contributed by atoms with Crippen molar-refractivity contribution < 1.29 is 13.2 Å². The molecule has 2 aromatic carbocycles. The van der Waals surface area contributed by atoms with E-state index in [1.54, 1.807) is 36.4 Å². The number of methoxy groups -OCH3 is 1. The second kappa shape index (κ2) is 6.11. The number of nitrogens with one attached hydrogen (secondary N) is 1. The number of hydrogen-bond donors (Lipinski definition) is 2. The van der Waals surface area contributed by atoms with Crippen molar-refractivity contribution >= 4 is 32.9 Å². The first kappa shape index (κ1) is 15.3. The lowest BCUT2D eigenvalue weighted by molar-refractivity contribution is 0.417. The molecule has 0 radical (unpaired) electrons. The van der Waals surface area contributed by atoms with Crippen LogP contribution in [0.2, 0.25) is 0 Å². The van der Waals surface area contributed by atoms with Crippen LogP contribution in [0.25, 0.3) is 0 Å². The number of ether oxygens (including phenoxy) is 1. The zero-order valence-electron chi connectivity index (χ0n) is 11.2. The van der Waals surface area contributed by atoms with E-state index in [0.717, 1.165) is 0 Å². The molecule has 2 rings (SSSR count). The number of benzene rings is 2. The average molecular weight is 322 g/mol. The molecule has 0 aliphatic carbocycles. The van der Waals surface area contributed by atoms with E-state index in [-0.39, 0.29) is 9.88 Å². The van der Waals surface area contributed by atoms with Gasteiger partial charge in [-0.2, -0.15) is 0 Å². The van der Waals surface area contributed by atoms with Crippen LogP contribution in [0.5, 0.6) is 5.75 Å². The predicted molar refractivity (Wildman–Crippen MR) is 86.1 cm³/mol. The van der Waals surface area contributed by atoms with Crippen molar-refractivity contribution in [2.45, 2.75) is 4.90 Å². The molecule has 3 N–H and O–H groups in total. The Morgan fingerprint density at radius 2 is 1.90 bits per heavy atom. The van der Waals surface area contributed by atoms with E-state index in [2.05, 4.69) is 4.72 Å². The van der Waals surface area contributed by atoms with Gasteiger partial charge in [-0.05, 0) is 24.3 Å². The third-order valence-electron chi connectivity index (χ3n) is 2.78. The molecule has 0 heterocycles. The Labute approximate surface area is 128 Å². The van der Waals surface area contributed by atoms with Crippen LogP contribution >= 0.6 is 12.2 Å². The smallest absolute Gasteiger partial charge is 0.262 e. The summed E-state index contributed by atoms with van der Waals surface area (Å²) in [5.74, 6) is 0.437. The highest BCUT2D eigenvalue weighted by Crippen LogP contribution is 2.26. The van der Waals surface area contributed by atoms with Crippen LogP contribution < -0.4 is 15.2 Å². The Balaban J connectivity index is 2.39. The van der Waals surface area contributed by atoms with Gasteiger partial charge in [0.25, 0.3) is 10.0 Å². The molecule has 0 unspecified atom stereocenters. The molecule has 21 heavy (non-hydrogen) atoms. The fourth-order valence-electron chi connectivity index (χ4n) is 1.75. The van der Waals surface area contributed by atoms with Crippen molar-refractivity contribution in [3.8, 4) is 5.75 Å². The van der Waals surface area contributed by atoms with E-state index >= 15 is 0 Å². The highest BCUT2D eigenvalue weighted by molar-refractivity contribution is 7.92. The Kier molecular flexibility index (Phi) is 4.44. The minimum absolute atomic E-state index is 0.0821. The van der Waals surface area contributed by atoms with Gasteiger partial charge in [-0.3, -0.25) is 4.72 Å². The molecule has 0 aliphatic heterocycles. The fourth-order valence-corrected chi connectivity index (χ4v) is 2.99. The van der Waals surface area contributed by atoms with E-state index in [4.69, 9.17) is 22.7 Å². The van der Waals surface area contributed by atoms with Crippen molar-refractivity contribution in [1.82, 2.24) is 0 Å². The molecule has 5 nitrogen and oxygen atoms in total. The minimum atomic E-state index is -3.75. The molecule has 0 spiro atoms. The predicted octanol–water partition coefficient (Wildman–Crippen LogP) is 2.13. The van der Waals surface area contributed by atoms with Crippen molar-refractivity contribution in [3.05, 3.63) is 54.1 Å². The second-order valence-electron chi connectivity index (χ2n) is 4.20. The molecule has 0 aliphatic rings. The van der Waals surface area contributed by atoms with E-state index in [9.17, 15) is 8.42 Å². The topological polar surface area (TPSA) is 81.4 Å². The molecule has 0 fully saturated rings. The number of sulfonamides is 1. The third kappa shape index (κ3) is 3.50. The SMILES string of the molecule is COc1ccccc1NS(=O)(=O)c1cccc(C(N)=S)c1. The van der Waals surface area contributed by atoms with E-state index in [1.165, 1.54) is 19.2 Å². The lowest BCUT2D eigenvalue weighted by atomic mass is 10.2. The third-order valence-corrected chi connectivity index (χ3v) is 4.38. The maximum Gasteiger partial charge on any atom is 0.262 e. The van der Waals surface area contributed by atoms with Crippen LogP contribution in [0.3, 0.4) is 0 Å². The van der Waals surface area contributed by atoms with Gasteiger partial charge >= 0.3 is 0 Å². The highest BCUT2D eigenvalue weighted by atomic mass is 32.2. The quantitative estimate of drug-likeness (QED) is 0.824. The monoisotopic (exact) mass is 322 g/mol. The van der Waals surface area contributed by atoms with Crippen LogP contribution in [0.15, 0.2) is 53.4 Å². The first-order chi connectivity index (χ1) is 9.94. The molecule has 0 saturated carbocycles. The molecular weight excluding hydrogens is 308 g/mol. The molecule has 0 bridgehead atoms. The van der Waals surface area contributed by atoms with Crippen LogP contribution in [-0.4, -0.2) is 20.5 Å². The average Bonchev–Trinajstić information content (AvgIpc) is 2.47. The van der Waals surface area contributed by atoms with Gasteiger partial charge in [0.1, 0.15) is 10.7 Å². The number of para-hydroxylation sites is 2. The number of anilines is 1. The molecule has 110 valence electrons. The van der Waals surface area contributed by atoms with Gasteiger partial charge in [-0.15, -0.1) is 0 Å². The zero-order valence-corrected chi connectivity index (χ0v) is 12.9. The van der Waals surface area contributed by atoms with Gasteiger partial charge in [0.2, 0.25) is 0 Å². The summed E-state index contributed by atoms with van der Waals surface area (Å²) in [6.07, 6.45) is 0. The Morgan fingerprint density at radius 3 is 2.57 bits per heavy atom. The van der Waals surface area contributed by atoms with Crippen LogP contribution in [0, 0.1) is 0 Å². The summed E-state index contributed by atoms with van der Waals surface area (Å²) >= 11 is 4.86. The lowest BCUT2D eigenvalue weighted by Gasteiger charge is -2.12. The number of rotatable bonds is 5. The van der Waals surface area contributed by atoms with Gasteiger partial charge in [0, 0.05) is 5.56 Å². The van der Waals surface area contributed by atoms with Crippen molar-refractivity contribution in [1.29, 1.82) is 0 Å². The summed E-state index contributed by atoms with van der Waals surface area (Å²) < 4.78 is 32.4. The molecule has 0 atom stereocenters. The molecule has 0 amide bonds. The molecule has 0 aromatic heterocycles. The van der Waals surface area contributed by atoms with Gasteiger partial charge < -0.3 is 10.5 Å². The Bertz CT molecular complexity index is 773. The molecular formula is C14H14N2O3S2. The van der Waals surface area contributed by atoms with Crippen molar-refractivity contribution in [2.24, 2.45) is 5.73 Å². The fraction of sp³-hybridized carbons (Fsp3) is 0.0714. The highest BCUT2D eigenvalue weighted by Gasteiger charge is 2.17. The van der Waals surface area contributed by atoms with Crippen LogP contribution in [0.1, 0.15) is 5.56 Å². The molecule has 2 aromatic rings.